The summed E-state index contributed by atoms with van der Waals surface area (Å²) >= 11 is 0. The SMILES string of the molecule is Cn1cc(Nc2nccc(-c3ccc4c(c3)CN(CCO)CCC4CC(=O)c3nnc(C(C)(C)C#N)o3)n2)cn1. The van der Waals surface area contributed by atoms with E-state index < -0.39 is 5.41 Å². The molecule has 4 heterocycles. The van der Waals surface area contributed by atoms with E-state index in [-0.39, 0.29) is 36.5 Å². The van der Waals surface area contributed by atoms with Crippen LogP contribution in [0.5, 0.6) is 0 Å². The van der Waals surface area contributed by atoms with Crippen LogP contribution in [0.25, 0.3) is 11.3 Å². The van der Waals surface area contributed by atoms with Crippen LogP contribution in [-0.2, 0) is 19.0 Å². The van der Waals surface area contributed by atoms with Crippen molar-refractivity contribution in [3.05, 3.63) is 65.8 Å². The van der Waals surface area contributed by atoms with E-state index in [1.807, 2.05) is 25.4 Å². The van der Waals surface area contributed by atoms with Crippen molar-refractivity contribution >= 4 is 17.4 Å². The Hall–Kier alpha value is -4.47. The molecule has 1 aromatic carbocycles. The number of aromatic nitrogens is 6. The Morgan fingerprint density at radius 3 is 2.90 bits per heavy atom. The molecule has 0 amide bonds. The molecule has 0 saturated carbocycles. The molecule has 1 aliphatic heterocycles. The van der Waals surface area contributed by atoms with Gasteiger partial charge in [-0.2, -0.15) is 10.4 Å². The molecule has 5 rings (SSSR count). The maximum atomic E-state index is 13.2. The molecule has 1 atom stereocenters. The predicted octanol–water partition coefficient (Wildman–Crippen LogP) is 3.36. The second kappa shape index (κ2) is 11.3. The topological polar surface area (TPSA) is 159 Å². The van der Waals surface area contributed by atoms with Crippen LogP contribution in [0.3, 0.4) is 0 Å². The number of aliphatic hydroxyl groups excluding tert-OH is 1. The lowest BCUT2D eigenvalue weighted by molar-refractivity contribution is 0.0933. The van der Waals surface area contributed by atoms with Gasteiger partial charge in [0.1, 0.15) is 5.41 Å². The van der Waals surface area contributed by atoms with Crippen molar-refractivity contribution < 1.29 is 14.3 Å². The first kappa shape index (κ1) is 27.1. The standard InChI is InChI=1S/C28H31N9O3/c1-28(2,17-29)26-35-34-25(40-26)24(39)13-18-7-9-37(10-11-38)15-20-12-19(4-5-22(18)20)23-6-8-30-27(33-23)32-21-14-31-36(3)16-21/h4-6,8,12,14,16,18,38H,7,9-11,13,15H2,1-3H3,(H,30,32,33). The molecular weight excluding hydrogens is 510 g/mol. The van der Waals surface area contributed by atoms with Crippen molar-refractivity contribution in [3.63, 3.8) is 0 Å². The molecule has 12 nitrogen and oxygen atoms in total. The molecule has 12 heteroatoms. The average molecular weight is 542 g/mol. The number of nitrogens with zero attached hydrogens (tertiary/aromatic N) is 8. The molecule has 0 saturated heterocycles. The van der Waals surface area contributed by atoms with Gasteiger partial charge in [0.15, 0.2) is 0 Å². The highest BCUT2D eigenvalue weighted by atomic mass is 16.4. The quantitative estimate of drug-likeness (QED) is 0.299. The number of fused-ring (bicyclic) bond motifs is 1. The Kier molecular flexibility index (Phi) is 7.68. The van der Waals surface area contributed by atoms with Crippen LogP contribution in [-0.4, -0.2) is 65.4 Å². The molecule has 2 N–H and O–H groups in total. The first-order valence-corrected chi connectivity index (χ1v) is 13.1. The summed E-state index contributed by atoms with van der Waals surface area (Å²) in [4.78, 5) is 24.4. The predicted molar refractivity (Wildman–Crippen MR) is 146 cm³/mol. The Balaban J connectivity index is 1.41. The van der Waals surface area contributed by atoms with Gasteiger partial charge in [0.2, 0.25) is 17.6 Å². The van der Waals surface area contributed by atoms with E-state index in [9.17, 15) is 15.2 Å². The summed E-state index contributed by atoms with van der Waals surface area (Å²) in [6.45, 7) is 5.28. The number of aliphatic hydroxyl groups is 1. The fraction of sp³-hybridized carbons (Fsp3) is 0.393. The van der Waals surface area contributed by atoms with Crippen molar-refractivity contribution in [1.29, 1.82) is 5.26 Å². The van der Waals surface area contributed by atoms with Crippen LogP contribution < -0.4 is 5.32 Å². The van der Waals surface area contributed by atoms with Crippen molar-refractivity contribution in [1.82, 2.24) is 34.8 Å². The molecule has 0 radical (unpaired) electrons. The number of Topliss-reactive ketones (excluding diaryl/α,β-unsaturated/α-hetero) is 1. The zero-order chi connectivity index (χ0) is 28.3. The van der Waals surface area contributed by atoms with Gasteiger partial charge in [0.05, 0.1) is 30.3 Å². The molecule has 0 fully saturated rings. The van der Waals surface area contributed by atoms with Gasteiger partial charge < -0.3 is 14.8 Å². The number of hydrogen-bond acceptors (Lipinski definition) is 11. The summed E-state index contributed by atoms with van der Waals surface area (Å²) < 4.78 is 7.29. The third-order valence-electron chi connectivity index (χ3n) is 7.01. The minimum atomic E-state index is -0.976. The number of rotatable bonds is 9. The molecule has 206 valence electrons. The zero-order valence-corrected chi connectivity index (χ0v) is 22.7. The summed E-state index contributed by atoms with van der Waals surface area (Å²) in [5, 5.41) is 34.2. The van der Waals surface area contributed by atoms with Gasteiger partial charge in [-0.3, -0.25) is 14.4 Å². The van der Waals surface area contributed by atoms with Gasteiger partial charge in [-0.15, -0.1) is 10.2 Å². The van der Waals surface area contributed by atoms with Crippen LogP contribution in [0.2, 0.25) is 0 Å². The first-order chi connectivity index (χ1) is 19.3. The number of aryl methyl sites for hydroxylation is 1. The maximum absolute atomic E-state index is 13.2. The van der Waals surface area contributed by atoms with Crippen molar-refractivity contribution in [2.75, 3.05) is 25.0 Å². The van der Waals surface area contributed by atoms with E-state index in [4.69, 9.17) is 9.40 Å². The number of β-amino-alcohol motifs (C(OH)–C–C–N with tert-alkyl or cyclic N) is 1. The highest BCUT2D eigenvalue weighted by Gasteiger charge is 2.31. The van der Waals surface area contributed by atoms with Crippen molar-refractivity contribution in [3.8, 4) is 17.3 Å². The lowest BCUT2D eigenvalue weighted by atomic mass is 9.87. The molecule has 1 unspecified atom stereocenters. The second-order valence-electron chi connectivity index (χ2n) is 10.5. The number of nitrogens with one attached hydrogen (secondary N) is 1. The van der Waals surface area contributed by atoms with E-state index in [1.165, 1.54) is 0 Å². The Labute approximate surface area is 231 Å². The normalized spacial score (nSPS) is 15.7. The lowest BCUT2D eigenvalue weighted by Crippen LogP contribution is -2.26. The molecular formula is C28H31N9O3. The largest absolute Gasteiger partial charge is 0.417 e. The van der Waals surface area contributed by atoms with E-state index in [1.54, 1.807) is 30.9 Å². The van der Waals surface area contributed by atoms with Crippen molar-refractivity contribution in [2.24, 2.45) is 7.05 Å². The molecule has 0 aliphatic carbocycles. The monoisotopic (exact) mass is 541 g/mol. The van der Waals surface area contributed by atoms with E-state index in [0.29, 0.717) is 19.0 Å². The van der Waals surface area contributed by atoms with Crippen LogP contribution in [0.15, 0.2) is 47.3 Å². The Bertz CT molecular complexity index is 1550. The molecule has 0 bridgehead atoms. The number of carbonyl (C=O) groups is 1. The van der Waals surface area contributed by atoms with Crippen LogP contribution in [0.4, 0.5) is 11.6 Å². The van der Waals surface area contributed by atoms with Gasteiger partial charge in [-0.05, 0) is 56.0 Å². The third kappa shape index (κ3) is 5.90. The molecule has 1 aliphatic rings. The van der Waals surface area contributed by atoms with Gasteiger partial charge in [-0.1, -0.05) is 12.1 Å². The summed E-state index contributed by atoms with van der Waals surface area (Å²) in [7, 11) is 1.84. The van der Waals surface area contributed by atoms with E-state index in [2.05, 4.69) is 48.7 Å². The number of benzene rings is 1. The highest BCUT2D eigenvalue weighted by Crippen LogP contribution is 2.35. The smallest absolute Gasteiger partial charge is 0.284 e. The van der Waals surface area contributed by atoms with Crippen molar-refractivity contribution in [2.45, 2.75) is 44.6 Å². The number of anilines is 2. The maximum Gasteiger partial charge on any atom is 0.284 e. The van der Waals surface area contributed by atoms with Crippen LogP contribution >= 0.6 is 0 Å². The van der Waals surface area contributed by atoms with E-state index in [0.717, 1.165) is 41.0 Å². The number of ketones is 1. The highest BCUT2D eigenvalue weighted by molar-refractivity contribution is 5.92. The fourth-order valence-electron chi connectivity index (χ4n) is 4.80. The molecule has 3 aromatic heterocycles. The third-order valence-corrected chi connectivity index (χ3v) is 7.01. The summed E-state index contributed by atoms with van der Waals surface area (Å²) in [6, 6.07) is 10.1. The van der Waals surface area contributed by atoms with Gasteiger partial charge >= 0.3 is 0 Å². The summed E-state index contributed by atoms with van der Waals surface area (Å²) in [5.41, 5.74) is 3.63. The number of hydrogen-bond donors (Lipinski definition) is 2. The van der Waals surface area contributed by atoms with Gasteiger partial charge in [0, 0.05) is 44.5 Å². The fourth-order valence-corrected chi connectivity index (χ4v) is 4.80. The molecule has 0 spiro atoms. The Morgan fingerprint density at radius 1 is 1.30 bits per heavy atom. The minimum absolute atomic E-state index is 0.0490. The van der Waals surface area contributed by atoms with Crippen LogP contribution in [0.1, 0.15) is 60.3 Å². The van der Waals surface area contributed by atoms with E-state index >= 15 is 0 Å². The summed E-state index contributed by atoms with van der Waals surface area (Å²) in [5.74, 6) is 0.172. The molecule has 4 aromatic rings. The summed E-state index contributed by atoms with van der Waals surface area (Å²) in [6.07, 6.45) is 6.18. The second-order valence-corrected chi connectivity index (χ2v) is 10.5. The first-order valence-electron chi connectivity index (χ1n) is 13.1. The average Bonchev–Trinajstić information content (AvgIpc) is 3.57. The lowest BCUT2D eigenvalue weighted by Gasteiger charge is -2.19. The van der Waals surface area contributed by atoms with Gasteiger partial charge in [-0.25, -0.2) is 9.97 Å². The number of carbonyl (C=O) groups excluding carboxylic acids is 1. The minimum Gasteiger partial charge on any atom is -0.417 e. The van der Waals surface area contributed by atoms with Crippen LogP contribution in [0, 0.1) is 11.3 Å². The zero-order valence-electron chi connectivity index (χ0n) is 22.7. The Morgan fingerprint density at radius 2 is 2.15 bits per heavy atom. The number of nitriles is 1. The molecule has 40 heavy (non-hydrogen) atoms. The van der Waals surface area contributed by atoms with Gasteiger partial charge in [0.25, 0.3) is 5.89 Å².